The van der Waals surface area contributed by atoms with Gasteiger partial charge in [0.25, 0.3) is 11.8 Å². The fraction of sp³-hybridized carbons (Fsp3) is 0.286. The summed E-state index contributed by atoms with van der Waals surface area (Å²) >= 11 is 1.40. The van der Waals surface area contributed by atoms with E-state index in [1.165, 1.54) is 17.4 Å². The van der Waals surface area contributed by atoms with Crippen LogP contribution in [0.3, 0.4) is 0 Å². The van der Waals surface area contributed by atoms with Crippen molar-refractivity contribution in [3.05, 3.63) is 46.0 Å². The van der Waals surface area contributed by atoms with Gasteiger partial charge < -0.3 is 25.0 Å². The molecule has 1 aliphatic rings. The maximum Gasteiger partial charge on any atom is 0.278 e. The van der Waals surface area contributed by atoms with Crippen LogP contribution >= 0.6 is 11.3 Å². The number of primary amides is 1. The first-order chi connectivity index (χ1) is 14.5. The van der Waals surface area contributed by atoms with Gasteiger partial charge in [-0.05, 0) is 49.4 Å². The summed E-state index contributed by atoms with van der Waals surface area (Å²) in [7, 11) is 3.10. The number of hydrogen-bond donors (Lipinski definition) is 2. The number of thiophene rings is 1. The number of carbonyl (C=O) groups is 2. The molecule has 3 aromatic rings. The third-order valence-electron chi connectivity index (χ3n) is 5.06. The molecule has 156 valence electrons. The second kappa shape index (κ2) is 8.19. The van der Waals surface area contributed by atoms with E-state index in [9.17, 15) is 9.59 Å². The lowest BCUT2D eigenvalue weighted by molar-refractivity contribution is 0.100. The number of hydrogen-bond acceptors (Lipinski definition) is 7. The van der Waals surface area contributed by atoms with Crippen molar-refractivity contribution in [2.24, 2.45) is 5.73 Å². The Morgan fingerprint density at radius 1 is 1.17 bits per heavy atom. The number of aromatic nitrogens is 1. The zero-order valence-corrected chi connectivity index (χ0v) is 17.4. The van der Waals surface area contributed by atoms with E-state index in [2.05, 4.69) is 10.5 Å². The number of fused-ring (bicyclic) bond motifs is 1. The number of anilines is 1. The Labute approximate surface area is 177 Å². The Hall–Kier alpha value is -3.33. The maximum atomic E-state index is 12.8. The van der Waals surface area contributed by atoms with Crippen molar-refractivity contribution in [2.75, 3.05) is 19.5 Å². The average Bonchev–Trinajstić information content (AvgIpc) is 3.38. The number of nitrogens with two attached hydrogens (primary N) is 1. The van der Waals surface area contributed by atoms with Crippen LogP contribution in [-0.2, 0) is 12.8 Å². The van der Waals surface area contributed by atoms with Gasteiger partial charge in [-0.15, -0.1) is 11.3 Å². The Morgan fingerprint density at radius 3 is 2.70 bits per heavy atom. The van der Waals surface area contributed by atoms with Gasteiger partial charge in [-0.3, -0.25) is 9.59 Å². The van der Waals surface area contributed by atoms with Crippen LogP contribution in [-0.4, -0.2) is 31.2 Å². The monoisotopic (exact) mass is 427 g/mol. The number of ether oxygens (including phenoxy) is 2. The molecule has 30 heavy (non-hydrogen) atoms. The van der Waals surface area contributed by atoms with Gasteiger partial charge in [-0.25, -0.2) is 0 Å². The number of amides is 2. The topological polar surface area (TPSA) is 117 Å². The molecule has 0 saturated carbocycles. The zero-order valence-electron chi connectivity index (χ0n) is 16.6. The van der Waals surface area contributed by atoms with Crippen LogP contribution in [0.5, 0.6) is 11.5 Å². The van der Waals surface area contributed by atoms with Crippen LogP contribution < -0.4 is 20.5 Å². The van der Waals surface area contributed by atoms with Crippen LogP contribution in [0.25, 0.3) is 11.3 Å². The third-order valence-corrected chi connectivity index (χ3v) is 6.27. The van der Waals surface area contributed by atoms with Gasteiger partial charge in [0, 0.05) is 10.9 Å². The molecular formula is C21H21N3O5S. The SMILES string of the molecule is COc1ccc(OC)c(-c2cc(C(=O)Nc3sc4c(c3C(N)=O)CCCC4)no2)c1. The van der Waals surface area contributed by atoms with Crippen LogP contribution in [0.15, 0.2) is 28.8 Å². The molecule has 2 amide bonds. The van der Waals surface area contributed by atoms with Crippen LogP contribution in [0.2, 0.25) is 0 Å². The minimum Gasteiger partial charge on any atom is -0.497 e. The predicted molar refractivity (Wildman–Crippen MR) is 112 cm³/mol. The van der Waals surface area contributed by atoms with Crippen molar-refractivity contribution in [1.82, 2.24) is 5.16 Å². The molecule has 2 aromatic heterocycles. The molecular weight excluding hydrogens is 406 g/mol. The van der Waals surface area contributed by atoms with Crippen molar-refractivity contribution in [3.8, 4) is 22.8 Å². The molecule has 0 spiro atoms. The van der Waals surface area contributed by atoms with Gasteiger partial charge in [0.05, 0.1) is 25.3 Å². The third kappa shape index (κ3) is 3.63. The summed E-state index contributed by atoms with van der Waals surface area (Å²) in [4.78, 5) is 25.9. The second-order valence-corrected chi connectivity index (χ2v) is 7.98. The molecule has 4 rings (SSSR count). The quantitative estimate of drug-likeness (QED) is 0.620. The van der Waals surface area contributed by atoms with E-state index in [0.29, 0.717) is 33.4 Å². The highest BCUT2D eigenvalue weighted by atomic mass is 32.1. The molecule has 9 heteroatoms. The average molecular weight is 427 g/mol. The largest absolute Gasteiger partial charge is 0.497 e. The summed E-state index contributed by atoms with van der Waals surface area (Å²) in [6.07, 6.45) is 3.75. The highest BCUT2D eigenvalue weighted by Crippen LogP contribution is 2.38. The van der Waals surface area contributed by atoms with E-state index in [4.69, 9.17) is 19.7 Å². The summed E-state index contributed by atoms with van der Waals surface area (Å²) in [5.41, 5.74) is 7.64. The van der Waals surface area contributed by atoms with E-state index in [-0.39, 0.29) is 5.69 Å². The molecule has 2 heterocycles. The summed E-state index contributed by atoms with van der Waals surface area (Å²) in [6.45, 7) is 0. The van der Waals surface area contributed by atoms with Gasteiger partial charge in [-0.2, -0.15) is 0 Å². The number of nitrogens with zero attached hydrogens (tertiary/aromatic N) is 1. The van der Waals surface area contributed by atoms with Crippen molar-refractivity contribution in [3.63, 3.8) is 0 Å². The van der Waals surface area contributed by atoms with Crippen LogP contribution in [0.1, 0.15) is 44.1 Å². The van der Waals surface area contributed by atoms with E-state index >= 15 is 0 Å². The van der Waals surface area contributed by atoms with Crippen LogP contribution in [0.4, 0.5) is 5.00 Å². The highest BCUT2D eigenvalue weighted by Gasteiger charge is 2.26. The molecule has 0 fully saturated rings. The first-order valence-electron chi connectivity index (χ1n) is 9.46. The smallest absolute Gasteiger partial charge is 0.278 e. The van der Waals surface area contributed by atoms with Crippen LogP contribution in [0, 0.1) is 0 Å². The van der Waals surface area contributed by atoms with Gasteiger partial charge in [0.15, 0.2) is 11.5 Å². The standard InChI is InChI=1S/C21H21N3O5S/c1-27-11-7-8-15(28-2)13(9-11)16-10-14(24-29-16)20(26)23-21-18(19(22)25)12-5-3-4-6-17(12)30-21/h7-10H,3-6H2,1-2H3,(H2,22,25)(H,23,26). The van der Waals surface area contributed by atoms with Gasteiger partial charge in [-0.1, -0.05) is 5.16 Å². The minimum atomic E-state index is -0.536. The number of carbonyl (C=O) groups excluding carboxylic acids is 2. The molecule has 0 unspecified atom stereocenters. The number of nitrogens with one attached hydrogen (secondary N) is 1. The fourth-order valence-electron chi connectivity index (χ4n) is 3.60. The summed E-state index contributed by atoms with van der Waals surface area (Å²) in [6, 6.07) is 6.76. The molecule has 0 bridgehead atoms. The molecule has 1 aromatic carbocycles. The number of aryl methyl sites for hydroxylation is 1. The van der Waals surface area contributed by atoms with Crippen molar-refractivity contribution in [1.29, 1.82) is 0 Å². The molecule has 0 radical (unpaired) electrons. The van der Waals surface area contributed by atoms with Crippen molar-refractivity contribution >= 4 is 28.2 Å². The van der Waals surface area contributed by atoms with Gasteiger partial charge in [0.1, 0.15) is 16.5 Å². The Bertz CT molecular complexity index is 1120. The Morgan fingerprint density at radius 2 is 1.97 bits per heavy atom. The summed E-state index contributed by atoms with van der Waals surface area (Å²) in [5.74, 6) is 0.514. The Balaban J connectivity index is 1.62. The maximum absolute atomic E-state index is 12.8. The molecule has 0 atom stereocenters. The highest BCUT2D eigenvalue weighted by molar-refractivity contribution is 7.17. The lowest BCUT2D eigenvalue weighted by Gasteiger charge is -2.11. The fourth-order valence-corrected chi connectivity index (χ4v) is 4.89. The van der Waals surface area contributed by atoms with E-state index in [1.54, 1.807) is 32.4 Å². The molecule has 3 N–H and O–H groups in total. The molecule has 1 aliphatic carbocycles. The number of methoxy groups -OCH3 is 2. The molecule has 0 aliphatic heterocycles. The lowest BCUT2D eigenvalue weighted by atomic mass is 9.95. The van der Waals surface area contributed by atoms with Crippen molar-refractivity contribution in [2.45, 2.75) is 25.7 Å². The second-order valence-electron chi connectivity index (χ2n) is 6.88. The number of benzene rings is 1. The zero-order chi connectivity index (χ0) is 21.3. The predicted octanol–water partition coefficient (Wildman–Crippen LogP) is 3.65. The summed E-state index contributed by atoms with van der Waals surface area (Å²) < 4.78 is 16.0. The molecule has 8 nitrogen and oxygen atoms in total. The van der Waals surface area contributed by atoms with E-state index in [0.717, 1.165) is 36.1 Å². The van der Waals surface area contributed by atoms with Gasteiger partial charge >= 0.3 is 0 Å². The number of rotatable bonds is 6. The van der Waals surface area contributed by atoms with Crippen molar-refractivity contribution < 1.29 is 23.6 Å². The van der Waals surface area contributed by atoms with Gasteiger partial charge in [0.2, 0.25) is 0 Å². The minimum absolute atomic E-state index is 0.0802. The molecule has 0 saturated heterocycles. The van der Waals surface area contributed by atoms with E-state index in [1.807, 2.05) is 0 Å². The Kier molecular flexibility index (Phi) is 5.45. The van der Waals surface area contributed by atoms with E-state index < -0.39 is 11.8 Å². The lowest BCUT2D eigenvalue weighted by Crippen LogP contribution is -2.18. The first kappa shape index (κ1) is 20.0. The first-order valence-corrected chi connectivity index (χ1v) is 10.3. The summed E-state index contributed by atoms with van der Waals surface area (Å²) in [5, 5.41) is 7.12. The normalized spacial score (nSPS) is 12.9.